The largest absolute Gasteiger partial charge is 0.354 e. The maximum Gasteiger partial charge on any atom is 0.334 e. The number of nitrogens with zero attached hydrogens (tertiary/aromatic N) is 4. The van der Waals surface area contributed by atoms with Gasteiger partial charge in [0.05, 0.1) is 11.9 Å². The van der Waals surface area contributed by atoms with Crippen molar-refractivity contribution >= 4 is 16.9 Å². The molecular formula is C20H23N5O4. The van der Waals surface area contributed by atoms with E-state index in [0.29, 0.717) is 35.8 Å². The van der Waals surface area contributed by atoms with Crippen molar-refractivity contribution in [3.8, 4) is 5.82 Å². The van der Waals surface area contributed by atoms with E-state index in [1.54, 1.807) is 6.07 Å². The van der Waals surface area contributed by atoms with Gasteiger partial charge >= 0.3 is 5.69 Å². The minimum absolute atomic E-state index is 0.150. The van der Waals surface area contributed by atoms with Crippen LogP contribution in [0.1, 0.15) is 19.4 Å². The lowest BCUT2D eigenvalue weighted by Gasteiger charge is -2.35. The van der Waals surface area contributed by atoms with Crippen LogP contribution in [-0.4, -0.2) is 56.6 Å². The molecule has 152 valence electrons. The van der Waals surface area contributed by atoms with Gasteiger partial charge in [-0.15, -0.1) is 0 Å². The summed E-state index contributed by atoms with van der Waals surface area (Å²) in [7, 11) is 0. The zero-order valence-corrected chi connectivity index (χ0v) is 16.4. The van der Waals surface area contributed by atoms with E-state index in [9.17, 15) is 14.4 Å². The van der Waals surface area contributed by atoms with Crippen LogP contribution >= 0.6 is 0 Å². The number of piperazine rings is 1. The van der Waals surface area contributed by atoms with E-state index < -0.39 is 11.2 Å². The van der Waals surface area contributed by atoms with Crippen LogP contribution in [0.25, 0.3) is 16.8 Å². The number of benzene rings is 1. The number of carbonyl (C=O) groups is 1. The molecule has 1 saturated heterocycles. The van der Waals surface area contributed by atoms with Crippen molar-refractivity contribution in [1.82, 2.24) is 24.5 Å². The molecule has 0 unspecified atom stereocenters. The maximum absolute atomic E-state index is 12.4. The highest BCUT2D eigenvalue weighted by Crippen LogP contribution is 2.23. The summed E-state index contributed by atoms with van der Waals surface area (Å²) in [5.74, 6) is 0.925. The zero-order chi connectivity index (χ0) is 20.5. The number of fused-ring (bicyclic) bond motifs is 1. The van der Waals surface area contributed by atoms with Gasteiger partial charge in [0.25, 0.3) is 5.56 Å². The van der Waals surface area contributed by atoms with Crippen LogP contribution in [0.2, 0.25) is 0 Å². The lowest BCUT2D eigenvalue weighted by Crippen LogP contribution is -2.50. The van der Waals surface area contributed by atoms with Gasteiger partial charge in [-0.3, -0.25) is 19.5 Å². The van der Waals surface area contributed by atoms with Crippen molar-refractivity contribution in [3.05, 3.63) is 56.9 Å². The lowest BCUT2D eigenvalue weighted by molar-refractivity contribution is -0.136. The second-order valence-electron chi connectivity index (χ2n) is 7.76. The summed E-state index contributed by atoms with van der Waals surface area (Å²) < 4.78 is 6.57. The third-order valence-electron chi connectivity index (χ3n) is 4.96. The molecule has 0 aliphatic carbocycles. The van der Waals surface area contributed by atoms with Crippen LogP contribution in [0, 0.1) is 5.92 Å². The Bertz CT molecular complexity index is 1160. The average molecular weight is 397 g/mol. The number of H-pyrrole nitrogens is 1. The minimum atomic E-state index is -0.579. The van der Waals surface area contributed by atoms with E-state index in [1.165, 1.54) is 16.8 Å². The number of amides is 1. The average Bonchev–Trinajstić information content (AvgIpc) is 3.07. The Kier molecular flexibility index (Phi) is 5.06. The van der Waals surface area contributed by atoms with Gasteiger partial charge in [0, 0.05) is 38.4 Å². The third-order valence-corrected chi connectivity index (χ3v) is 4.96. The van der Waals surface area contributed by atoms with Crippen molar-refractivity contribution in [1.29, 1.82) is 0 Å². The van der Waals surface area contributed by atoms with E-state index in [-0.39, 0.29) is 5.91 Å². The zero-order valence-electron chi connectivity index (χ0n) is 16.4. The molecule has 1 amide bonds. The summed E-state index contributed by atoms with van der Waals surface area (Å²) in [6.07, 6.45) is 1.37. The Balaban J connectivity index is 1.56. The smallest absolute Gasteiger partial charge is 0.334 e. The van der Waals surface area contributed by atoms with Gasteiger partial charge in [-0.2, -0.15) is 0 Å². The summed E-state index contributed by atoms with van der Waals surface area (Å²) in [5.41, 5.74) is 0.482. The molecule has 0 saturated carbocycles. The van der Waals surface area contributed by atoms with Crippen molar-refractivity contribution in [2.75, 3.05) is 26.2 Å². The van der Waals surface area contributed by atoms with Crippen molar-refractivity contribution in [2.24, 2.45) is 5.92 Å². The molecule has 1 aromatic carbocycles. The first-order valence-corrected chi connectivity index (χ1v) is 9.61. The molecule has 3 aromatic rings. The van der Waals surface area contributed by atoms with Crippen molar-refractivity contribution in [3.63, 3.8) is 0 Å². The van der Waals surface area contributed by atoms with E-state index >= 15 is 0 Å². The number of hydrogen-bond donors (Lipinski definition) is 1. The summed E-state index contributed by atoms with van der Waals surface area (Å²) in [6.45, 7) is 7.55. The first kappa shape index (κ1) is 19.1. The predicted molar refractivity (Wildman–Crippen MR) is 107 cm³/mol. The molecule has 1 aliphatic rings. The van der Waals surface area contributed by atoms with Crippen LogP contribution in [0.4, 0.5) is 0 Å². The molecule has 1 aliphatic heterocycles. The predicted octanol–water partition coefficient (Wildman–Crippen LogP) is 0.967. The Morgan fingerprint density at radius 3 is 2.72 bits per heavy atom. The number of hydrogen-bond acceptors (Lipinski definition) is 6. The summed E-state index contributed by atoms with van der Waals surface area (Å²) in [5, 5.41) is 4.65. The van der Waals surface area contributed by atoms with Gasteiger partial charge in [0.1, 0.15) is 0 Å². The Morgan fingerprint density at radius 1 is 1.17 bits per heavy atom. The fraction of sp³-hybridized carbons (Fsp3) is 0.400. The van der Waals surface area contributed by atoms with Gasteiger partial charge in [-0.1, -0.05) is 25.1 Å². The topological polar surface area (TPSA) is 104 Å². The maximum atomic E-state index is 12.4. The highest BCUT2D eigenvalue weighted by Gasteiger charge is 2.24. The van der Waals surface area contributed by atoms with E-state index in [2.05, 4.69) is 28.9 Å². The van der Waals surface area contributed by atoms with Crippen LogP contribution in [0.3, 0.4) is 0 Å². The molecular weight excluding hydrogens is 374 g/mol. The minimum Gasteiger partial charge on any atom is -0.354 e. The molecule has 3 heterocycles. The van der Waals surface area contributed by atoms with Gasteiger partial charge in [-0.05, 0) is 23.6 Å². The van der Waals surface area contributed by atoms with E-state index in [1.807, 2.05) is 17.0 Å². The Morgan fingerprint density at radius 2 is 2.00 bits per heavy atom. The quantitative estimate of drug-likeness (QED) is 0.688. The van der Waals surface area contributed by atoms with Crippen LogP contribution in [-0.2, 0) is 11.3 Å². The Hall–Kier alpha value is -3.20. The number of nitrogens with one attached hydrogen (secondary N) is 1. The van der Waals surface area contributed by atoms with E-state index in [0.717, 1.165) is 25.2 Å². The molecule has 0 bridgehead atoms. The number of carbonyl (C=O) groups excluding carboxylic acids is 1. The van der Waals surface area contributed by atoms with Gasteiger partial charge < -0.3 is 9.42 Å². The Labute approximate surface area is 166 Å². The van der Waals surface area contributed by atoms with Crippen LogP contribution in [0.5, 0.6) is 0 Å². The summed E-state index contributed by atoms with van der Waals surface area (Å²) in [6, 6.07) is 6.89. The van der Waals surface area contributed by atoms with Gasteiger partial charge in [0.15, 0.2) is 11.4 Å². The van der Waals surface area contributed by atoms with Gasteiger partial charge in [-0.25, -0.2) is 9.36 Å². The third kappa shape index (κ3) is 4.00. The molecule has 4 rings (SSSR count). The molecule has 29 heavy (non-hydrogen) atoms. The summed E-state index contributed by atoms with van der Waals surface area (Å²) >= 11 is 0. The van der Waals surface area contributed by atoms with Crippen LogP contribution in [0.15, 0.2) is 44.6 Å². The highest BCUT2D eigenvalue weighted by molar-refractivity contribution is 5.84. The number of aromatic nitrogens is 3. The molecule has 0 atom stereocenters. The fourth-order valence-electron chi connectivity index (χ4n) is 3.61. The first-order chi connectivity index (χ1) is 13.9. The highest BCUT2D eigenvalue weighted by atomic mass is 16.5. The molecule has 1 N–H and O–H groups in total. The lowest BCUT2D eigenvalue weighted by atomic mass is 10.1. The van der Waals surface area contributed by atoms with Gasteiger partial charge in [0.2, 0.25) is 5.91 Å². The van der Waals surface area contributed by atoms with Crippen LogP contribution < -0.4 is 11.2 Å². The second kappa shape index (κ2) is 7.67. The monoisotopic (exact) mass is 397 g/mol. The second-order valence-corrected chi connectivity index (χ2v) is 7.76. The van der Waals surface area contributed by atoms with Crippen molar-refractivity contribution < 1.29 is 9.32 Å². The molecule has 0 radical (unpaired) electrons. The standard InChI is InChI=1S/C20H23N5O4/c1-13(2)10-24-8-7-23(12-18(24)27)11-14-3-4-16-15(9-14)19(22-29-16)25-6-5-17(26)21-20(25)28/h3-6,9,13H,7-8,10-12H2,1-2H3,(H,21,26,28). The SMILES string of the molecule is CC(C)CN1CCN(Cc2ccc3onc(-n4ccc(=O)[nH]c4=O)c3c2)CC1=O. The molecule has 9 heteroatoms. The molecule has 2 aromatic heterocycles. The number of rotatable bonds is 5. The van der Waals surface area contributed by atoms with E-state index in [4.69, 9.17) is 4.52 Å². The first-order valence-electron chi connectivity index (χ1n) is 9.61. The number of aromatic amines is 1. The summed E-state index contributed by atoms with van der Waals surface area (Å²) in [4.78, 5) is 42.1. The molecule has 1 fully saturated rings. The fourth-order valence-corrected chi connectivity index (χ4v) is 3.61. The molecule has 9 nitrogen and oxygen atoms in total. The molecule has 0 spiro atoms. The van der Waals surface area contributed by atoms with Crippen molar-refractivity contribution in [2.45, 2.75) is 20.4 Å². The normalized spacial score (nSPS) is 15.6.